The predicted molar refractivity (Wildman–Crippen MR) is 140 cm³/mol. The molecule has 0 N–H and O–H groups in total. The number of carbonyl (C=O) groups is 1. The Bertz CT molecular complexity index is 1460. The number of halogens is 3. The minimum atomic E-state index is -0.422. The molecule has 0 saturated carbocycles. The van der Waals surface area contributed by atoms with E-state index in [0.29, 0.717) is 31.5 Å². The second-order valence-corrected chi connectivity index (χ2v) is 9.98. The van der Waals surface area contributed by atoms with Crippen LogP contribution in [0, 0.1) is 5.82 Å². The van der Waals surface area contributed by atoms with Crippen LogP contribution in [0.1, 0.15) is 11.1 Å². The number of amides is 1. The van der Waals surface area contributed by atoms with E-state index in [0.717, 1.165) is 22.0 Å². The Hall–Kier alpha value is -2.64. The molecule has 3 nitrogen and oxygen atoms in total. The lowest BCUT2D eigenvalue weighted by Gasteiger charge is -2.14. The van der Waals surface area contributed by atoms with Crippen molar-refractivity contribution in [3.63, 3.8) is 0 Å². The van der Waals surface area contributed by atoms with Crippen molar-refractivity contribution < 1.29 is 9.18 Å². The van der Waals surface area contributed by atoms with E-state index >= 15 is 0 Å². The zero-order valence-electron chi connectivity index (χ0n) is 17.0. The molecule has 1 saturated heterocycles. The van der Waals surface area contributed by atoms with Gasteiger partial charge >= 0.3 is 0 Å². The first-order valence-electron chi connectivity index (χ1n) is 9.96. The van der Waals surface area contributed by atoms with Crippen LogP contribution in [0.5, 0.6) is 0 Å². The first kappa shape index (κ1) is 22.2. The Balaban J connectivity index is 1.53. The number of thiocarbonyl (C=S) groups is 1. The molecular weight excluding hydrogens is 498 g/mol. The maximum Gasteiger partial charge on any atom is 0.270 e. The van der Waals surface area contributed by atoms with Gasteiger partial charge in [-0.15, -0.1) is 0 Å². The van der Waals surface area contributed by atoms with E-state index < -0.39 is 5.82 Å². The summed E-state index contributed by atoms with van der Waals surface area (Å²) < 4.78 is 16.2. The minimum absolute atomic E-state index is 0.270. The van der Waals surface area contributed by atoms with Gasteiger partial charge in [-0.1, -0.05) is 77.5 Å². The number of carbonyl (C=O) groups excluding carboxylic acids is 1. The summed E-state index contributed by atoms with van der Waals surface area (Å²) in [4.78, 5) is 15.0. The number of thioether (sulfide) groups is 1. The molecule has 0 radical (unpaired) electrons. The monoisotopic (exact) mass is 512 g/mol. The molecule has 33 heavy (non-hydrogen) atoms. The van der Waals surface area contributed by atoms with Crippen molar-refractivity contribution in [3.8, 4) is 0 Å². The number of rotatable bonds is 4. The van der Waals surface area contributed by atoms with E-state index in [4.69, 9.17) is 35.4 Å². The first-order valence-corrected chi connectivity index (χ1v) is 11.9. The van der Waals surface area contributed by atoms with E-state index in [9.17, 15) is 9.18 Å². The molecule has 0 atom stereocenters. The molecule has 0 aliphatic carbocycles. The highest BCUT2D eigenvalue weighted by atomic mass is 35.5. The topological polar surface area (TPSA) is 25.2 Å². The number of nitrogens with zero attached hydrogens (tertiary/aromatic N) is 2. The summed E-state index contributed by atoms with van der Waals surface area (Å²) in [5, 5.41) is 2.18. The Kier molecular flexibility index (Phi) is 6.01. The molecule has 4 aromatic rings. The van der Waals surface area contributed by atoms with Crippen LogP contribution in [0.2, 0.25) is 10.0 Å². The van der Waals surface area contributed by atoms with Gasteiger partial charge < -0.3 is 4.57 Å². The number of benzene rings is 3. The molecule has 1 aliphatic rings. The van der Waals surface area contributed by atoms with Gasteiger partial charge in [-0.25, -0.2) is 4.39 Å². The number of anilines is 1. The summed E-state index contributed by atoms with van der Waals surface area (Å²) >= 11 is 19.1. The van der Waals surface area contributed by atoms with E-state index in [2.05, 4.69) is 4.57 Å². The summed E-state index contributed by atoms with van der Waals surface area (Å²) in [6.45, 7) is 0.550. The van der Waals surface area contributed by atoms with Crippen LogP contribution < -0.4 is 4.90 Å². The minimum Gasteiger partial charge on any atom is -0.342 e. The molecule has 0 bridgehead atoms. The highest BCUT2D eigenvalue weighted by molar-refractivity contribution is 8.27. The van der Waals surface area contributed by atoms with Crippen molar-refractivity contribution in [3.05, 3.63) is 105 Å². The molecule has 1 aliphatic heterocycles. The molecule has 0 unspecified atom stereocenters. The Morgan fingerprint density at radius 1 is 1.03 bits per heavy atom. The third kappa shape index (κ3) is 4.32. The summed E-state index contributed by atoms with van der Waals surface area (Å²) in [5.74, 6) is -0.692. The molecule has 5 rings (SSSR count). The van der Waals surface area contributed by atoms with E-state index in [1.165, 1.54) is 28.8 Å². The lowest BCUT2D eigenvalue weighted by Crippen LogP contribution is -2.27. The van der Waals surface area contributed by atoms with Gasteiger partial charge in [0.2, 0.25) is 0 Å². The highest BCUT2D eigenvalue weighted by Gasteiger charge is 2.33. The number of para-hydroxylation sites is 1. The molecule has 8 heteroatoms. The Labute approximate surface area is 209 Å². The fraction of sp³-hybridized carbons (Fsp3) is 0.0400. The van der Waals surface area contributed by atoms with Gasteiger partial charge in [0.15, 0.2) is 4.32 Å². The van der Waals surface area contributed by atoms with Gasteiger partial charge in [-0.2, -0.15) is 0 Å². The normalized spacial score (nSPS) is 15.2. The molecule has 1 amide bonds. The average molecular weight is 513 g/mol. The van der Waals surface area contributed by atoms with Crippen molar-refractivity contribution in [1.29, 1.82) is 0 Å². The van der Waals surface area contributed by atoms with E-state index in [1.54, 1.807) is 18.2 Å². The number of aromatic nitrogens is 1. The smallest absolute Gasteiger partial charge is 0.270 e. The van der Waals surface area contributed by atoms with Gasteiger partial charge in [-0.05, 0) is 48.0 Å². The number of hydrogen-bond acceptors (Lipinski definition) is 3. The van der Waals surface area contributed by atoms with Crippen LogP contribution in [0.25, 0.3) is 17.0 Å². The van der Waals surface area contributed by atoms with Crippen LogP contribution in [0.4, 0.5) is 10.1 Å². The van der Waals surface area contributed by atoms with Crippen LogP contribution >= 0.6 is 47.2 Å². The third-order valence-corrected chi connectivity index (χ3v) is 7.21. The van der Waals surface area contributed by atoms with Crippen molar-refractivity contribution in [1.82, 2.24) is 4.57 Å². The van der Waals surface area contributed by atoms with Crippen molar-refractivity contribution in [2.45, 2.75) is 6.54 Å². The highest BCUT2D eigenvalue weighted by Crippen LogP contribution is 2.37. The second kappa shape index (κ2) is 8.95. The van der Waals surface area contributed by atoms with Crippen LogP contribution in [0.15, 0.2) is 77.8 Å². The molecular formula is C25H15Cl2FN2OS2. The second-order valence-electron chi connectivity index (χ2n) is 7.46. The largest absolute Gasteiger partial charge is 0.342 e. The maximum atomic E-state index is 13.7. The average Bonchev–Trinajstić information content (AvgIpc) is 3.27. The summed E-state index contributed by atoms with van der Waals surface area (Å²) in [6, 6.07) is 19.3. The zero-order valence-corrected chi connectivity index (χ0v) is 20.1. The quantitative estimate of drug-likeness (QED) is 0.208. The lowest BCUT2D eigenvalue weighted by molar-refractivity contribution is -0.113. The standard InChI is InChI=1S/C25H15Cl2FN2OS2/c26-17-9-8-15(21(27)11-17)13-29-14-16(20-6-1-2-7-22(20)29)10-23-24(31)30(25(32)33-23)19-5-3-4-18(28)12-19/h1-12,14H,13H2/b23-10+. The third-order valence-electron chi connectivity index (χ3n) is 5.32. The van der Waals surface area contributed by atoms with Gasteiger partial charge in [0.25, 0.3) is 5.91 Å². The molecule has 164 valence electrons. The molecule has 1 fully saturated rings. The summed E-state index contributed by atoms with van der Waals surface area (Å²) in [6.07, 6.45) is 3.82. The Morgan fingerprint density at radius 3 is 2.64 bits per heavy atom. The van der Waals surface area contributed by atoms with Gasteiger partial charge in [0.1, 0.15) is 5.82 Å². The number of fused-ring (bicyclic) bond motifs is 1. The molecule has 0 spiro atoms. The molecule has 3 aromatic carbocycles. The van der Waals surface area contributed by atoms with Gasteiger partial charge in [-0.3, -0.25) is 9.69 Å². The number of hydrogen-bond donors (Lipinski definition) is 0. The van der Waals surface area contributed by atoms with Crippen molar-refractivity contribution in [2.24, 2.45) is 0 Å². The zero-order chi connectivity index (χ0) is 23.1. The first-order chi connectivity index (χ1) is 15.9. The predicted octanol–water partition coefficient (Wildman–Crippen LogP) is 7.54. The fourth-order valence-corrected chi connectivity index (χ4v) is 5.56. The van der Waals surface area contributed by atoms with Crippen LogP contribution in [-0.2, 0) is 11.3 Å². The molecule has 1 aromatic heterocycles. The maximum absolute atomic E-state index is 13.7. The van der Waals surface area contributed by atoms with Gasteiger partial charge in [0.05, 0.1) is 10.6 Å². The van der Waals surface area contributed by atoms with Crippen LogP contribution in [0.3, 0.4) is 0 Å². The van der Waals surface area contributed by atoms with Crippen molar-refractivity contribution >= 4 is 80.1 Å². The van der Waals surface area contributed by atoms with Crippen molar-refractivity contribution in [2.75, 3.05) is 4.90 Å². The Morgan fingerprint density at radius 2 is 1.85 bits per heavy atom. The summed E-state index contributed by atoms with van der Waals surface area (Å²) in [7, 11) is 0. The van der Waals surface area contributed by atoms with Crippen LogP contribution in [-0.4, -0.2) is 14.8 Å². The lowest BCUT2D eigenvalue weighted by atomic mass is 10.1. The van der Waals surface area contributed by atoms with E-state index in [1.807, 2.05) is 48.7 Å². The SMILES string of the molecule is O=C1/C(=C\c2cn(Cc3ccc(Cl)cc3Cl)c3ccccc23)SC(=S)N1c1cccc(F)c1. The van der Waals surface area contributed by atoms with Gasteiger partial charge in [0, 0.05) is 39.3 Å². The fourth-order valence-electron chi connectivity index (χ4n) is 3.80. The van der Waals surface area contributed by atoms with E-state index in [-0.39, 0.29) is 5.91 Å². The summed E-state index contributed by atoms with van der Waals surface area (Å²) in [5.41, 5.74) is 3.25. The molecule has 2 heterocycles.